The predicted molar refractivity (Wildman–Crippen MR) is 127 cm³/mol. The lowest BCUT2D eigenvalue weighted by Crippen LogP contribution is -2.50. The van der Waals surface area contributed by atoms with E-state index in [1.54, 1.807) is 11.0 Å². The number of ether oxygens (including phenoxy) is 2. The molecule has 0 radical (unpaired) electrons. The summed E-state index contributed by atoms with van der Waals surface area (Å²) in [4.78, 5) is 28.5. The topological polar surface area (TPSA) is 83.1 Å². The van der Waals surface area contributed by atoms with Crippen LogP contribution in [0.5, 0.6) is 5.75 Å². The van der Waals surface area contributed by atoms with Crippen LogP contribution in [0.3, 0.4) is 0 Å². The van der Waals surface area contributed by atoms with Crippen LogP contribution < -0.4 is 20.3 Å². The van der Waals surface area contributed by atoms with E-state index in [0.717, 1.165) is 18.8 Å². The molecule has 1 heterocycles. The summed E-state index contributed by atoms with van der Waals surface area (Å²) in [5.74, 6) is 0.710. The molecule has 8 nitrogen and oxygen atoms in total. The molecule has 0 aliphatic carbocycles. The van der Waals surface area contributed by atoms with Gasteiger partial charge in [-0.3, -0.25) is 0 Å². The smallest absolute Gasteiger partial charge is 0.410 e. The van der Waals surface area contributed by atoms with Crippen molar-refractivity contribution in [2.75, 3.05) is 48.3 Å². The average Bonchev–Trinajstić information content (AvgIpc) is 2.74. The molecule has 32 heavy (non-hydrogen) atoms. The first kappa shape index (κ1) is 23.2. The van der Waals surface area contributed by atoms with Gasteiger partial charge in [-0.05, 0) is 64.1 Å². The van der Waals surface area contributed by atoms with Crippen LogP contribution in [0.2, 0.25) is 0 Å². The minimum absolute atomic E-state index is 0.269. The molecule has 0 spiro atoms. The van der Waals surface area contributed by atoms with E-state index in [1.807, 2.05) is 70.2 Å². The third kappa shape index (κ3) is 6.80. The largest absolute Gasteiger partial charge is 0.494 e. The van der Waals surface area contributed by atoms with Gasteiger partial charge in [0.25, 0.3) is 0 Å². The van der Waals surface area contributed by atoms with Gasteiger partial charge < -0.3 is 29.9 Å². The van der Waals surface area contributed by atoms with Crippen LogP contribution in [0.1, 0.15) is 27.7 Å². The van der Waals surface area contributed by atoms with Gasteiger partial charge in [0.1, 0.15) is 11.4 Å². The molecule has 3 amide bonds. The van der Waals surface area contributed by atoms with Crippen LogP contribution >= 0.6 is 0 Å². The third-order valence-corrected chi connectivity index (χ3v) is 4.82. The van der Waals surface area contributed by atoms with Crippen LogP contribution in [-0.4, -0.2) is 55.4 Å². The highest BCUT2D eigenvalue weighted by Crippen LogP contribution is 2.21. The van der Waals surface area contributed by atoms with Gasteiger partial charge in [0, 0.05) is 49.3 Å². The third-order valence-electron chi connectivity index (χ3n) is 4.82. The van der Waals surface area contributed by atoms with Gasteiger partial charge in [-0.1, -0.05) is 6.07 Å². The number of amides is 3. The molecule has 8 heteroatoms. The number of urea groups is 1. The number of piperazine rings is 1. The maximum atomic E-state index is 12.3. The van der Waals surface area contributed by atoms with Crippen molar-refractivity contribution in [2.24, 2.45) is 0 Å². The number of hydrogen-bond donors (Lipinski definition) is 2. The normalized spacial score (nSPS) is 14.0. The first-order chi connectivity index (χ1) is 15.2. The fourth-order valence-electron chi connectivity index (χ4n) is 3.35. The summed E-state index contributed by atoms with van der Waals surface area (Å²) in [5.41, 5.74) is 1.91. The number of carbonyl (C=O) groups is 2. The Hall–Kier alpha value is -3.42. The molecule has 172 valence electrons. The molecule has 2 aromatic carbocycles. The second-order valence-corrected chi connectivity index (χ2v) is 8.54. The highest BCUT2D eigenvalue weighted by Gasteiger charge is 2.25. The molecule has 1 aliphatic heterocycles. The fourth-order valence-corrected chi connectivity index (χ4v) is 3.35. The molecule has 1 saturated heterocycles. The molecule has 2 aromatic rings. The summed E-state index contributed by atoms with van der Waals surface area (Å²) in [6, 6.07) is 14.6. The van der Waals surface area contributed by atoms with E-state index < -0.39 is 5.60 Å². The zero-order valence-corrected chi connectivity index (χ0v) is 19.2. The second kappa shape index (κ2) is 10.3. The molecule has 1 fully saturated rings. The first-order valence-corrected chi connectivity index (χ1v) is 10.9. The Kier molecular flexibility index (Phi) is 7.45. The average molecular weight is 441 g/mol. The number of hydrogen-bond acceptors (Lipinski definition) is 5. The molecule has 3 rings (SSSR count). The van der Waals surface area contributed by atoms with Crippen LogP contribution in [0.25, 0.3) is 0 Å². The summed E-state index contributed by atoms with van der Waals surface area (Å²) in [6.45, 7) is 10.8. The quantitative estimate of drug-likeness (QED) is 0.699. The summed E-state index contributed by atoms with van der Waals surface area (Å²) >= 11 is 0. The Bertz CT molecular complexity index is 916. The van der Waals surface area contributed by atoms with E-state index in [0.29, 0.717) is 36.8 Å². The highest BCUT2D eigenvalue weighted by molar-refractivity contribution is 5.99. The van der Waals surface area contributed by atoms with E-state index in [-0.39, 0.29) is 12.1 Å². The molecular formula is C24H32N4O4. The van der Waals surface area contributed by atoms with E-state index >= 15 is 0 Å². The summed E-state index contributed by atoms with van der Waals surface area (Å²) in [5, 5.41) is 5.65. The highest BCUT2D eigenvalue weighted by atomic mass is 16.6. The molecular weight excluding hydrogens is 408 g/mol. The van der Waals surface area contributed by atoms with Crippen LogP contribution in [0.4, 0.5) is 26.7 Å². The molecule has 1 aliphatic rings. The van der Waals surface area contributed by atoms with Gasteiger partial charge in [0.15, 0.2) is 0 Å². The minimum atomic E-state index is -0.491. The Labute approximate surface area is 189 Å². The second-order valence-electron chi connectivity index (χ2n) is 8.54. The summed E-state index contributed by atoms with van der Waals surface area (Å²) in [7, 11) is 0. The Morgan fingerprint density at radius 3 is 2.22 bits per heavy atom. The van der Waals surface area contributed by atoms with Gasteiger partial charge >= 0.3 is 12.1 Å². The van der Waals surface area contributed by atoms with E-state index in [9.17, 15) is 9.59 Å². The lowest BCUT2D eigenvalue weighted by atomic mass is 10.2. The zero-order chi connectivity index (χ0) is 23.1. The van der Waals surface area contributed by atoms with Crippen molar-refractivity contribution in [3.8, 4) is 5.75 Å². The van der Waals surface area contributed by atoms with Gasteiger partial charge in [-0.2, -0.15) is 0 Å². The lowest BCUT2D eigenvalue weighted by Gasteiger charge is -2.36. The Morgan fingerprint density at radius 1 is 0.938 bits per heavy atom. The van der Waals surface area contributed by atoms with Gasteiger partial charge in [0.05, 0.1) is 6.61 Å². The maximum Gasteiger partial charge on any atom is 0.410 e. The number of rotatable bonds is 5. The van der Waals surface area contributed by atoms with Crippen molar-refractivity contribution in [3.63, 3.8) is 0 Å². The molecule has 0 aromatic heterocycles. The molecule has 0 atom stereocenters. The Morgan fingerprint density at radius 2 is 1.59 bits per heavy atom. The standard InChI is InChI=1S/C24H32N4O4/c1-5-31-21-8-6-7-19(17-21)26-22(29)25-18-9-11-20(12-10-18)27-13-15-28(16-14-27)23(30)32-24(2,3)4/h6-12,17H,5,13-16H2,1-4H3,(H2,25,26,29). The summed E-state index contributed by atoms with van der Waals surface area (Å²) in [6.07, 6.45) is -0.269. The van der Waals surface area contributed by atoms with Crippen molar-refractivity contribution in [1.29, 1.82) is 0 Å². The summed E-state index contributed by atoms with van der Waals surface area (Å²) < 4.78 is 10.9. The van der Waals surface area contributed by atoms with Crippen molar-refractivity contribution < 1.29 is 19.1 Å². The van der Waals surface area contributed by atoms with Crippen LogP contribution in [-0.2, 0) is 4.74 Å². The fraction of sp³-hybridized carbons (Fsp3) is 0.417. The molecule has 0 saturated carbocycles. The predicted octanol–water partition coefficient (Wildman–Crippen LogP) is 4.79. The first-order valence-electron chi connectivity index (χ1n) is 10.9. The van der Waals surface area contributed by atoms with E-state index in [2.05, 4.69) is 15.5 Å². The van der Waals surface area contributed by atoms with Crippen LogP contribution in [0, 0.1) is 0 Å². The maximum absolute atomic E-state index is 12.3. The van der Waals surface area contributed by atoms with Crippen molar-refractivity contribution in [1.82, 2.24) is 4.90 Å². The molecule has 0 unspecified atom stereocenters. The molecule has 2 N–H and O–H groups in total. The number of nitrogens with one attached hydrogen (secondary N) is 2. The van der Waals surface area contributed by atoms with E-state index in [4.69, 9.17) is 9.47 Å². The Balaban J connectivity index is 1.49. The number of benzene rings is 2. The SMILES string of the molecule is CCOc1cccc(NC(=O)Nc2ccc(N3CCN(C(=O)OC(C)(C)C)CC3)cc2)c1. The van der Waals surface area contributed by atoms with Crippen LogP contribution in [0.15, 0.2) is 48.5 Å². The monoisotopic (exact) mass is 440 g/mol. The molecule has 0 bridgehead atoms. The zero-order valence-electron chi connectivity index (χ0n) is 19.2. The number of carbonyl (C=O) groups excluding carboxylic acids is 2. The van der Waals surface area contributed by atoms with E-state index in [1.165, 1.54) is 0 Å². The minimum Gasteiger partial charge on any atom is -0.494 e. The number of anilines is 3. The lowest BCUT2D eigenvalue weighted by molar-refractivity contribution is 0.0240. The van der Waals surface area contributed by atoms with Gasteiger partial charge in [-0.15, -0.1) is 0 Å². The van der Waals surface area contributed by atoms with Crippen molar-refractivity contribution in [3.05, 3.63) is 48.5 Å². The van der Waals surface area contributed by atoms with Gasteiger partial charge in [-0.25, -0.2) is 9.59 Å². The number of nitrogens with zero attached hydrogens (tertiary/aromatic N) is 2. The van der Waals surface area contributed by atoms with Crippen molar-refractivity contribution in [2.45, 2.75) is 33.3 Å². The van der Waals surface area contributed by atoms with Gasteiger partial charge in [0.2, 0.25) is 0 Å². The van der Waals surface area contributed by atoms with Crippen molar-refractivity contribution >= 4 is 29.2 Å².